The number of nitrogens with one attached hydrogen (secondary N) is 4. The number of rotatable bonds is 7. The van der Waals surface area contributed by atoms with Crippen molar-refractivity contribution >= 4 is 52.2 Å². The first-order valence-corrected chi connectivity index (χ1v) is 12.9. The van der Waals surface area contributed by atoms with E-state index in [1.807, 2.05) is 12.1 Å². The van der Waals surface area contributed by atoms with E-state index in [2.05, 4.69) is 21.3 Å². The highest BCUT2D eigenvalue weighted by Gasteiger charge is 2.22. The molecule has 0 radical (unpaired) electrons. The molecule has 4 rings (SSSR count). The van der Waals surface area contributed by atoms with Crippen molar-refractivity contribution in [1.82, 2.24) is 10.6 Å². The summed E-state index contributed by atoms with van der Waals surface area (Å²) in [4.78, 5) is 39.0. The molecule has 4 N–H and O–H groups in total. The van der Waals surface area contributed by atoms with Crippen LogP contribution in [0.5, 0.6) is 0 Å². The number of amides is 3. The van der Waals surface area contributed by atoms with Gasteiger partial charge in [0.25, 0.3) is 5.91 Å². The number of halogens is 1. The van der Waals surface area contributed by atoms with E-state index < -0.39 is 12.0 Å². The van der Waals surface area contributed by atoms with E-state index in [1.165, 1.54) is 11.3 Å². The summed E-state index contributed by atoms with van der Waals surface area (Å²) >= 11 is 7.33. The minimum atomic E-state index is -0.507. The lowest BCUT2D eigenvalue weighted by molar-refractivity contribution is 0.0526. The maximum atomic E-state index is 13.2. The van der Waals surface area contributed by atoms with Crippen molar-refractivity contribution in [2.24, 2.45) is 0 Å². The molecule has 0 bridgehead atoms. The third-order valence-corrected chi connectivity index (χ3v) is 7.04. The fourth-order valence-electron chi connectivity index (χ4n) is 3.82. The Bertz CT molecular complexity index is 1220. The summed E-state index contributed by atoms with van der Waals surface area (Å²) in [5.74, 6) is -0.659. The highest BCUT2D eigenvalue weighted by molar-refractivity contribution is 7.18. The minimum absolute atomic E-state index is 0.0342. The van der Waals surface area contributed by atoms with Gasteiger partial charge in [-0.25, -0.2) is 9.59 Å². The molecule has 36 heavy (non-hydrogen) atoms. The second kappa shape index (κ2) is 12.0. The van der Waals surface area contributed by atoms with Gasteiger partial charge in [0.15, 0.2) is 0 Å². The van der Waals surface area contributed by atoms with Gasteiger partial charge in [-0.3, -0.25) is 4.79 Å². The van der Waals surface area contributed by atoms with E-state index in [0.29, 0.717) is 33.4 Å². The lowest BCUT2D eigenvalue weighted by Crippen LogP contribution is -2.45. The number of hydrogen-bond donors (Lipinski definition) is 4. The zero-order valence-electron chi connectivity index (χ0n) is 19.7. The summed E-state index contributed by atoms with van der Waals surface area (Å²) < 4.78 is 4.98. The molecule has 2 aromatic carbocycles. The number of esters is 1. The van der Waals surface area contributed by atoms with Crippen molar-refractivity contribution in [3.05, 3.63) is 70.1 Å². The van der Waals surface area contributed by atoms with Crippen LogP contribution in [0.3, 0.4) is 0 Å². The first-order chi connectivity index (χ1) is 17.4. The number of carbonyl (C=O) groups excluding carboxylic acids is 3. The fourth-order valence-corrected chi connectivity index (χ4v) is 4.97. The van der Waals surface area contributed by atoms with E-state index in [0.717, 1.165) is 29.8 Å². The van der Waals surface area contributed by atoms with Crippen molar-refractivity contribution in [1.29, 1.82) is 0 Å². The molecule has 0 spiro atoms. The van der Waals surface area contributed by atoms with E-state index >= 15 is 0 Å². The molecule has 8 nitrogen and oxygen atoms in total. The molecule has 1 fully saturated rings. The largest absolute Gasteiger partial charge is 0.462 e. The van der Waals surface area contributed by atoms with Crippen LogP contribution < -0.4 is 21.3 Å². The summed E-state index contributed by atoms with van der Waals surface area (Å²) in [5, 5.41) is 12.5. The molecule has 1 atom stereocenters. The summed E-state index contributed by atoms with van der Waals surface area (Å²) in [5.41, 5.74) is 2.19. The first kappa shape index (κ1) is 25.7. The topological polar surface area (TPSA) is 109 Å². The van der Waals surface area contributed by atoms with Gasteiger partial charge in [-0.15, -0.1) is 11.3 Å². The van der Waals surface area contributed by atoms with Crippen LogP contribution in [-0.2, 0) is 4.74 Å². The maximum absolute atomic E-state index is 13.2. The average Bonchev–Trinajstić information content (AvgIpc) is 3.29. The number of anilines is 2. The van der Waals surface area contributed by atoms with Crippen LogP contribution in [0.2, 0.25) is 5.02 Å². The monoisotopic (exact) mass is 526 g/mol. The smallest absolute Gasteiger partial charge is 0.338 e. The Labute approximate surface area is 218 Å². The molecule has 1 unspecified atom stereocenters. The number of carbonyl (C=O) groups is 3. The fraction of sp³-hybridized carbons (Fsp3) is 0.269. The molecular formula is C26H27ClN4O4S. The first-order valence-electron chi connectivity index (χ1n) is 11.7. The molecule has 10 heteroatoms. The van der Waals surface area contributed by atoms with E-state index in [1.54, 1.807) is 49.4 Å². The number of thiophene rings is 1. The summed E-state index contributed by atoms with van der Waals surface area (Å²) in [6.45, 7) is 3.68. The molecule has 1 saturated heterocycles. The molecule has 1 aliphatic rings. The van der Waals surface area contributed by atoms with Crippen molar-refractivity contribution in [3.8, 4) is 10.4 Å². The normalized spacial score (nSPS) is 15.1. The second-order valence-corrected chi connectivity index (χ2v) is 9.74. The Kier molecular flexibility index (Phi) is 8.58. The highest BCUT2D eigenvalue weighted by atomic mass is 35.5. The summed E-state index contributed by atoms with van der Waals surface area (Å²) in [6.07, 6.45) is 1.90. The number of ether oxygens (including phenoxy) is 1. The predicted molar refractivity (Wildman–Crippen MR) is 143 cm³/mol. The highest BCUT2D eigenvalue weighted by Crippen LogP contribution is 2.35. The SMILES string of the molecule is CCOC(=O)c1ccc(NC(=O)Nc2cc(-c3ccc(Cl)cc3)sc2C(=O)NC2CCCNC2)cc1. The van der Waals surface area contributed by atoms with E-state index in [-0.39, 0.29) is 18.6 Å². The number of piperidine rings is 1. The van der Waals surface area contributed by atoms with Gasteiger partial charge in [0.05, 0.1) is 17.9 Å². The Morgan fingerprint density at radius 2 is 1.83 bits per heavy atom. The van der Waals surface area contributed by atoms with Gasteiger partial charge in [0.2, 0.25) is 0 Å². The molecule has 0 saturated carbocycles. The zero-order chi connectivity index (χ0) is 25.5. The predicted octanol–water partition coefficient (Wildman–Crippen LogP) is 5.37. The maximum Gasteiger partial charge on any atom is 0.338 e. The zero-order valence-corrected chi connectivity index (χ0v) is 21.3. The van der Waals surface area contributed by atoms with Crippen LogP contribution in [0.4, 0.5) is 16.2 Å². The Morgan fingerprint density at radius 3 is 2.50 bits per heavy atom. The summed E-state index contributed by atoms with van der Waals surface area (Å²) in [7, 11) is 0. The number of hydrogen-bond acceptors (Lipinski definition) is 6. The van der Waals surface area contributed by atoms with Gasteiger partial charge < -0.3 is 26.0 Å². The molecule has 3 amide bonds. The molecule has 2 heterocycles. The van der Waals surface area contributed by atoms with Gasteiger partial charge in [-0.1, -0.05) is 23.7 Å². The Hall–Kier alpha value is -3.40. The Balaban J connectivity index is 1.51. The van der Waals surface area contributed by atoms with Gasteiger partial charge in [-0.05, 0) is 74.3 Å². The van der Waals surface area contributed by atoms with Crippen molar-refractivity contribution in [2.45, 2.75) is 25.8 Å². The van der Waals surface area contributed by atoms with Gasteiger partial charge in [0.1, 0.15) is 4.88 Å². The molecular weight excluding hydrogens is 500 g/mol. The van der Waals surface area contributed by atoms with Crippen LogP contribution in [0.25, 0.3) is 10.4 Å². The molecule has 1 aliphatic heterocycles. The van der Waals surface area contributed by atoms with Crippen LogP contribution in [0.15, 0.2) is 54.6 Å². The van der Waals surface area contributed by atoms with Crippen molar-refractivity contribution in [3.63, 3.8) is 0 Å². The molecule has 3 aromatic rings. The second-order valence-electron chi connectivity index (χ2n) is 8.25. The van der Waals surface area contributed by atoms with Crippen LogP contribution in [0.1, 0.15) is 39.8 Å². The van der Waals surface area contributed by atoms with Gasteiger partial charge in [-0.2, -0.15) is 0 Å². The van der Waals surface area contributed by atoms with E-state index in [9.17, 15) is 14.4 Å². The van der Waals surface area contributed by atoms with Crippen LogP contribution in [0, 0.1) is 0 Å². The van der Waals surface area contributed by atoms with Gasteiger partial charge >= 0.3 is 12.0 Å². The average molecular weight is 527 g/mol. The Morgan fingerprint density at radius 1 is 1.08 bits per heavy atom. The lowest BCUT2D eigenvalue weighted by Gasteiger charge is -2.23. The number of benzene rings is 2. The standard InChI is InChI=1S/C26H27ClN4O4S/c1-2-35-25(33)17-7-11-19(12-8-17)30-26(34)31-21-14-22(16-5-9-18(27)10-6-16)36-23(21)24(32)29-20-4-3-13-28-15-20/h5-12,14,20,28H,2-4,13,15H2,1H3,(H,29,32)(H2,30,31,34). The molecule has 188 valence electrons. The number of urea groups is 1. The molecule has 1 aromatic heterocycles. The van der Waals surface area contributed by atoms with Gasteiger partial charge in [0, 0.05) is 28.2 Å². The van der Waals surface area contributed by atoms with Crippen molar-refractivity contribution in [2.75, 3.05) is 30.3 Å². The minimum Gasteiger partial charge on any atom is -0.462 e. The third-order valence-electron chi connectivity index (χ3n) is 5.60. The third kappa shape index (κ3) is 6.63. The van der Waals surface area contributed by atoms with Crippen LogP contribution >= 0.6 is 22.9 Å². The molecule has 0 aliphatic carbocycles. The lowest BCUT2D eigenvalue weighted by atomic mass is 10.1. The van der Waals surface area contributed by atoms with Crippen LogP contribution in [-0.4, -0.2) is 43.6 Å². The quantitative estimate of drug-likeness (QED) is 0.309. The van der Waals surface area contributed by atoms with E-state index in [4.69, 9.17) is 16.3 Å². The summed E-state index contributed by atoms with van der Waals surface area (Å²) in [6, 6.07) is 15.0. The van der Waals surface area contributed by atoms with Crippen molar-refractivity contribution < 1.29 is 19.1 Å².